The van der Waals surface area contributed by atoms with Gasteiger partial charge in [0.05, 0.1) is 4.88 Å². The molecule has 0 aliphatic carbocycles. The van der Waals surface area contributed by atoms with Gasteiger partial charge in [0.25, 0.3) is 5.91 Å². The number of amides is 2. The Hall–Kier alpha value is -2.58. The van der Waals surface area contributed by atoms with Gasteiger partial charge in [0, 0.05) is 12.1 Å². The molecule has 1 aromatic carbocycles. The van der Waals surface area contributed by atoms with E-state index < -0.39 is 6.04 Å². The van der Waals surface area contributed by atoms with Crippen LogP contribution in [0.15, 0.2) is 41.8 Å². The maximum absolute atomic E-state index is 12.8. The Labute approximate surface area is 177 Å². The molecule has 0 radical (unpaired) electrons. The maximum atomic E-state index is 12.8. The maximum Gasteiger partial charge on any atom is 0.264 e. The Kier molecular flexibility index (Phi) is 5.73. The number of aromatic nitrogens is 2. The Bertz CT molecular complexity index is 996. The summed E-state index contributed by atoms with van der Waals surface area (Å²) in [5, 5.41) is 14.3. The van der Waals surface area contributed by atoms with Crippen LogP contribution in [0.4, 0.5) is 5.13 Å². The molecule has 3 aromatic rings. The number of benzene rings is 1. The van der Waals surface area contributed by atoms with Crippen LogP contribution in [0.25, 0.3) is 10.6 Å². The second-order valence-electron chi connectivity index (χ2n) is 7.31. The number of hydrogen-bond acceptors (Lipinski definition) is 6. The van der Waals surface area contributed by atoms with Gasteiger partial charge in [0.2, 0.25) is 11.0 Å². The van der Waals surface area contributed by atoms with Gasteiger partial charge in [0.1, 0.15) is 11.0 Å². The molecule has 6 nitrogen and oxygen atoms in total. The molecular formula is C21H22N4O2S2. The normalized spacial score (nSPS) is 16.4. The van der Waals surface area contributed by atoms with Crippen molar-refractivity contribution in [2.24, 2.45) is 0 Å². The summed E-state index contributed by atoms with van der Waals surface area (Å²) in [6.45, 7) is 4.91. The average Bonchev–Trinajstić information content (AvgIpc) is 3.48. The summed E-state index contributed by atoms with van der Waals surface area (Å²) in [4.78, 5) is 27.8. The third kappa shape index (κ3) is 4.23. The minimum absolute atomic E-state index is 0.0826. The first-order chi connectivity index (χ1) is 14.0. The topological polar surface area (TPSA) is 75.2 Å². The molecule has 1 saturated heterocycles. The summed E-state index contributed by atoms with van der Waals surface area (Å²) in [6.07, 6.45) is 1.48. The van der Waals surface area contributed by atoms with E-state index in [1.54, 1.807) is 11.0 Å². The number of thiophene rings is 1. The monoisotopic (exact) mass is 426 g/mol. The lowest BCUT2D eigenvalue weighted by Gasteiger charge is -2.22. The second-order valence-corrected chi connectivity index (χ2v) is 9.24. The molecule has 3 heterocycles. The smallest absolute Gasteiger partial charge is 0.264 e. The van der Waals surface area contributed by atoms with Crippen molar-refractivity contribution in [3.05, 3.63) is 52.2 Å². The Morgan fingerprint density at radius 3 is 2.66 bits per heavy atom. The summed E-state index contributed by atoms with van der Waals surface area (Å²) in [5.74, 6) is 0.186. The third-order valence-electron chi connectivity index (χ3n) is 5.03. The van der Waals surface area contributed by atoms with E-state index in [2.05, 4.69) is 41.5 Å². The molecule has 150 valence electrons. The lowest BCUT2D eigenvalue weighted by Crippen LogP contribution is -2.42. The number of hydrogen-bond donors (Lipinski definition) is 1. The molecule has 0 spiro atoms. The van der Waals surface area contributed by atoms with Crippen molar-refractivity contribution in [2.75, 3.05) is 11.9 Å². The molecule has 1 atom stereocenters. The zero-order valence-corrected chi connectivity index (χ0v) is 17.9. The number of nitrogens with one attached hydrogen (secondary N) is 1. The molecule has 2 amide bonds. The van der Waals surface area contributed by atoms with Gasteiger partial charge >= 0.3 is 0 Å². The largest absolute Gasteiger partial charge is 0.326 e. The summed E-state index contributed by atoms with van der Waals surface area (Å²) in [7, 11) is 0. The quantitative estimate of drug-likeness (QED) is 0.645. The van der Waals surface area contributed by atoms with E-state index in [0.29, 0.717) is 28.9 Å². The van der Waals surface area contributed by atoms with Crippen molar-refractivity contribution in [3.8, 4) is 10.6 Å². The molecule has 1 aliphatic heterocycles. The summed E-state index contributed by atoms with van der Waals surface area (Å²) < 4.78 is 0. The van der Waals surface area contributed by atoms with E-state index in [1.165, 1.54) is 28.2 Å². The average molecular weight is 427 g/mol. The third-order valence-corrected chi connectivity index (χ3v) is 6.77. The number of rotatable bonds is 5. The van der Waals surface area contributed by atoms with Crippen molar-refractivity contribution in [3.63, 3.8) is 0 Å². The minimum atomic E-state index is -0.470. The van der Waals surface area contributed by atoms with E-state index in [9.17, 15) is 9.59 Å². The van der Waals surface area contributed by atoms with Gasteiger partial charge in [-0.25, -0.2) is 0 Å². The number of carbonyl (C=O) groups is 2. The molecule has 0 bridgehead atoms. The van der Waals surface area contributed by atoms with Gasteiger partial charge in [-0.15, -0.1) is 21.5 Å². The molecule has 4 rings (SSSR count). The van der Waals surface area contributed by atoms with Crippen molar-refractivity contribution in [1.29, 1.82) is 0 Å². The second kappa shape index (κ2) is 8.42. The lowest BCUT2D eigenvalue weighted by atomic mass is 10.0. The Balaban J connectivity index is 1.44. The Morgan fingerprint density at radius 1 is 1.17 bits per heavy atom. The predicted molar refractivity (Wildman–Crippen MR) is 116 cm³/mol. The first-order valence-electron chi connectivity index (χ1n) is 9.62. The van der Waals surface area contributed by atoms with Crippen molar-refractivity contribution >= 4 is 39.6 Å². The molecule has 0 unspecified atom stereocenters. The van der Waals surface area contributed by atoms with Gasteiger partial charge in [-0.1, -0.05) is 55.5 Å². The standard InChI is InChI=1S/C21H22N4O2S2/c1-13(2)14-7-9-15(10-8-14)19-23-24-21(29-19)22-18(26)16-5-3-11-25(16)20(27)17-6-4-12-28-17/h4,6-10,12-13,16H,3,5,11H2,1-2H3,(H,22,24,26)/t16-/m1/s1. The number of carbonyl (C=O) groups excluding carboxylic acids is 2. The fourth-order valence-electron chi connectivity index (χ4n) is 3.41. The zero-order chi connectivity index (χ0) is 20.4. The minimum Gasteiger partial charge on any atom is -0.326 e. The van der Waals surface area contributed by atoms with Gasteiger partial charge in [-0.05, 0) is 35.8 Å². The summed E-state index contributed by atoms with van der Waals surface area (Å²) in [5.41, 5.74) is 2.24. The first kappa shape index (κ1) is 19.7. The number of anilines is 1. The number of nitrogens with zero attached hydrogens (tertiary/aromatic N) is 3. The van der Waals surface area contributed by atoms with Crippen LogP contribution in [-0.4, -0.2) is 39.5 Å². The highest BCUT2D eigenvalue weighted by Crippen LogP contribution is 2.29. The van der Waals surface area contributed by atoms with E-state index in [4.69, 9.17) is 0 Å². The van der Waals surface area contributed by atoms with E-state index >= 15 is 0 Å². The van der Waals surface area contributed by atoms with Crippen LogP contribution < -0.4 is 5.32 Å². The van der Waals surface area contributed by atoms with Crippen molar-refractivity contribution < 1.29 is 9.59 Å². The Morgan fingerprint density at radius 2 is 1.97 bits per heavy atom. The van der Waals surface area contributed by atoms with Crippen LogP contribution in [0, 0.1) is 0 Å². The van der Waals surface area contributed by atoms with E-state index in [0.717, 1.165) is 17.0 Å². The first-order valence-corrected chi connectivity index (χ1v) is 11.3. The highest BCUT2D eigenvalue weighted by atomic mass is 32.1. The van der Waals surface area contributed by atoms with E-state index in [-0.39, 0.29) is 11.8 Å². The highest BCUT2D eigenvalue weighted by molar-refractivity contribution is 7.18. The SMILES string of the molecule is CC(C)c1ccc(-c2nnc(NC(=O)[C@H]3CCCN3C(=O)c3cccs3)s2)cc1. The number of likely N-dealkylation sites (tertiary alicyclic amines) is 1. The summed E-state index contributed by atoms with van der Waals surface area (Å²) in [6, 6.07) is 11.4. The van der Waals surface area contributed by atoms with Gasteiger partial charge in [-0.2, -0.15) is 0 Å². The molecule has 2 aromatic heterocycles. The molecule has 29 heavy (non-hydrogen) atoms. The molecular weight excluding hydrogens is 404 g/mol. The lowest BCUT2D eigenvalue weighted by molar-refractivity contribution is -0.119. The highest BCUT2D eigenvalue weighted by Gasteiger charge is 2.35. The van der Waals surface area contributed by atoms with E-state index in [1.807, 2.05) is 23.6 Å². The van der Waals surface area contributed by atoms with Crippen LogP contribution >= 0.6 is 22.7 Å². The molecule has 1 aliphatic rings. The zero-order valence-electron chi connectivity index (χ0n) is 16.3. The van der Waals surface area contributed by atoms with Crippen LogP contribution in [0.1, 0.15) is 47.8 Å². The fraction of sp³-hybridized carbons (Fsp3) is 0.333. The molecule has 8 heteroatoms. The van der Waals surface area contributed by atoms with Gasteiger partial charge in [-0.3, -0.25) is 14.9 Å². The predicted octanol–water partition coefficient (Wildman–Crippen LogP) is 4.63. The molecule has 1 fully saturated rings. The summed E-state index contributed by atoms with van der Waals surface area (Å²) >= 11 is 2.74. The fourth-order valence-corrected chi connectivity index (χ4v) is 4.84. The molecule has 1 N–H and O–H groups in total. The van der Waals surface area contributed by atoms with Crippen molar-refractivity contribution in [1.82, 2.24) is 15.1 Å². The van der Waals surface area contributed by atoms with Gasteiger partial charge in [0.15, 0.2) is 0 Å². The molecule has 0 saturated carbocycles. The van der Waals surface area contributed by atoms with Crippen LogP contribution in [-0.2, 0) is 4.79 Å². The van der Waals surface area contributed by atoms with Crippen LogP contribution in [0.2, 0.25) is 0 Å². The van der Waals surface area contributed by atoms with Crippen LogP contribution in [0.3, 0.4) is 0 Å². The van der Waals surface area contributed by atoms with Crippen molar-refractivity contribution in [2.45, 2.75) is 38.6 Å². The van der Waals surface area contributed by atoms with Crippen LogP contribution in [0.5, 0.6) is 0 Å². The van der Waals surface area contributed by atoms with Gasteiger partial charge < -0.3 is 4.90 Å².